The molecule has 0 aliphatic heterocycles. The van der Waals surface area contributed by atoms with Crippen molar-refractivity contribution >= 4 is 10.0 Å². The lowest BCUT2D eigenvalue weighted by Gasteiger charge is -2.21. The number of hydrogen-bond acceptors (Lipinski definition) is 4. The van der Waals surface area contributed by atoms with E-state index in [2.05, 4.69) is 10.0 Å². The highest BCUT2D eigenvalue weighted by Gasteiger charge is 2.22. The molecule has 0 amide bonds. The number of nitrogens with one attached hydrogen (secondary N) is 2. The van der Waals surface area contributed by atoms with E-state index in [-0.39, 0.29) is 6.04 Å². The summed E-state index contributed by atoms with van der Waals surface area (Å²) in [6, 6.07) is -0.0657. The van der Waals surface area contributed by atoms with Crippen molar-refractivity contribution in [2.45, 2.75) is 32.1 Å². The van der Waals surface area contributed by atoms with E-state index >= 15 is 0 Å². The predicted molar refractivity (Wildman–Crippen MR) is 68.1 cm³/mol. The fraction of sp³-hybridized carbons (Fsp3) is 1.00. The molecule has 2 unspecified atom stereocenters. The minimum Gasteiger partial charge on any atom is -0.316 e. The van der Waals surface area contributed by atoms with Crippen LogP contribution in [0.3, 0.4) is 0 Å². The third kappa shape index (κ3) is 6.42. The van der Waals surface area contributed by atoms with Crippen LogP contribution in [0.1, 0.15) is 20.8 Å². The molecular weight excluding hydrogens is 226 g/mol. The van der Waals surface area contributed by atoms with Crippen molar-refractivity contribution in [1.29, 1.82) is 0 Å². The predicted octanol–water partition coefficient (Wildman–Crippen LogP) is -0.146. The highest BCUT2D eigenvalue weighted by molar-refractivity contribution is 7.90. The summed E-state index contributed by atoms with van der Waals surface area (Å²) >= 11 is 0. The summed E-state index contributed by atoms with van der Waals surface area (Å²) in [4.78, 5) is 1.96. The molecule has 0 rings (SSSR count). The Morgan fingerprint density at radius 3 is 2.25 bits per heavy atom. The van der Waals surface area contributed by atoms with Gasteiger partial charge in [0.15, 0.2) is 0 Å². The van der Waals surface area contributed by atoms with Gasteiger partial charge in [-0.2, -0.15) is 0 Å². The molecule has 2 atom stereocenters. The maximum atomic E-state index is 11.9. The molecule has 0 aromatic heterocycles. The molecule has 0 saturated heterocycles. The van der Waals surface area contributed by atoms with Crippen molar-refractivity contribution in [2.75, 3.05) is 33.7 Å². The van der Waals surface area contributed by atoms with Gasteiger partial charge >= 0.3 is 0 Å². The SMILES string of the molecule is CCNCC(C)S(=O)(=O)NC(C)CN(C)C. The molecule has 0 spiro atoms. The quantitative estimate of drug-likeness (QED) is 0.630. The van der Waals surface area contributed by atoms with E-state index in [1.807, 2.05) is 32.8 Å². The third-order valence-corrected chi connectivity index (χ3v) is 4.17. The van der Waals surface area contributed by atoms with Gasteiger partial charge in [-0.1, -0.05) is 6.92 Å². The molecule has 0 radical (unpaired) electrons. The molecule has 0 aromatic rings. The average Bonchev–Trinajstić information content (AvgIpc) is 2.11. The fourth-order valence-electron chi connectivity index (χ4n) is 1.44. The van der Waals surface area contributed by atoms with Gasteiger partial charge in [0.05, 0.1) is 5.25 Å². The van der Waals surface area contributed by atoms with Gasteiger partial charge in [-0.15, -0.1) is 0 Å². The van der Waals surface area contributed by atoms with Crippen molar-refractivity contribution in [3.8, 4) is 0 Å². The third-order valence-electron chi connectivity index (χ3n) is 2.22. The summed E-state index contributed by atoms with van der Waals surface area (Å²) in [6.45, 7) is 7.52. The van der Waals surface area contributed by atoms with Gasteiger partial charge in [0.25, 0.3) is 0 Å². The van der Waals surface area contributed by atoms with Crippen LogP contribution in [0.25, 0.3) is 0 Å². The first-order valence-corrected chi connectivity index (χ1v) is 7.20. The van der Waals surface area contributed by atoms with Crippen molar-refractivity contribution in [3.63, 3.8) is 0 Å². The lowest BCUT2D eigenvalue weighted by Crippen LogP contribution is -2.45. The first-order valence-electron chi connectivity index (χ1n) is 5.66. The second-order valence-electron chi connectivity index (χ2n) is 4.44. The van der Waals surface area contributed by atoms with Crippen LogP contribution in [0.2, 0.25) is 0 Å². The largest absolute Gasteiger partial charge is 0.316 e. The molecule has 2 N–H and O–H groups in total. The topological polar surface area (TPSA) is 61.4 Å². The molecule has 16 heavy (non-hydrogen) atoms. The van der Waals surface area contributed by atoms with Crippen LogP contribution in [0, 0.1) is 0 Å². The second kappa shape index (κ2) is 7.21. The first kappa shape index (κ1) is 15.8. The average molecular weight is 251 g/mol. The van der Waals surface area contributed by atoms with Gasteiger partial charge in [-0.25, -0.2) is 13.1 Å². The van der Waals surface area contributed by atoms with Crippen LogP contribution in [0.5, 0.6) is 0 Å². The Kier molecular flexibility index (Phi) is 7.14. The molecular formula is C10H25N3O2S. The summed E-state index contributed by atoms with van der Waals surface area (Å²) in [5.41, 5.74) is 0. The minimum atomic E-state index is -3.22. The van der Waals surface area contributed by atoms with Crippen LogP contribution >= 0.6 is 0 Å². The number of nitrogens with zero attached hydrogens (tertiary/aromatic N) is 1. The van der Waals surface area contributed by atoms with E-state index < -0.39 is 15.3 Å². The molecule has 0 aliphatic rings. The molecule has 0 aromatic carbocycles. The number of sulfonamides is 1. The van der Waals surface area contributed by atoms with Crippen LogP contribution < -0.4 is 10.0 Å². The van der Waals surface area contributed by atoms with Crippen LogP contribution in [-0.4, -0.2) is 58.3 Å². The van der Waals surface area contributed by atoms with Crippen LogP contribution in [0.4, 0.5) is 0 Å². The maximum Gasteiger partial charge on any atom is 0.215 e. The highest BCUT2D eigenvalue weighted by atomic mass is 32.2. The van der Waals surface area contributed by atoms with Crippen molar-refractivity contribution in [3.05, 3.63) is 0 Å². The van der Waals surface area contributed by atoms with Gasteiger partial charge in [0.1, 0.15) is 0 Å². The standard InChI is InChI=1S/C10H25N3O2S/c1-6-11-7-10(3)16(14,15)12-9(2)8-13(4)5/h9-12H,6-8H2,1-5H3. The zero-order chi connectivity index (χ0) is 12.8. The Morgan fingerprint density at radius 2 is 1.81 bits per heavy atom. The van der Waals surface area contributed by atoms with E-state index in [0.717, 1.165) is 6.54 Å². The lowest BCUT2D eigenvalue weighted by molar-refractivity contribution is 0.369. The smallest absolute Gasteiger partial charge is 0.215 e. The van der Waals surface area contributed by atoms with Crippen molar-refractivity contribution < 1.29 is 8.42 Å². The summed E-state index contributed by atoms with van der Waals surface area (Å²) in [5, 5.41) is 2.63. The van der Waals surface area contributed by atoms with E-state index in [1.165, 1.54) is 0 Å². The number of rotatable bonds is 8. The van der Waals surface area contributed by atoms with E-state index in [1.54, 1.807) is 6.92 Å². The molecule has 0 bridgehead atoms. The molecule has 5 nitrogen and oxygen atoms in total. The van der Waals surface area contributed by atoms with Crippen molar-refractivity contribution in [1.82, 2.24) is 14.9 Å². The molecule has 0 aliphatic carbocycles. The summed E-state index contributed by atoms with van der Waals surface area (Å²) < 4.78 is 26.4. The Labute approximate surface area is 99.6 Å². The van der Waals surface area contributed by atoms with Gasteiger partial charge in [0.2, 0.25) is 10.0 Å². The van der Waals surface area contributed by atoms with E-state index in [9.17, 15) is 8.42 Å². The molecule has 0 saturated carbocycles. The molecule has 98 valence electrons. The van der Waals surface area contributed by atoms with Gasteiger partial charge < -0.3 is 10.2 Å². The minimum absolute atomic E-state index is 0.0657. The van der Waals surface area contributed by atoms with Crippen LogP contribution in [-0.2, 0) is 10.0 Å². The van der Waals surface area contributed by atoms with E-state index in [0.29, 0.717) is 13.1 Å². The molecule has 0 fully saturated rings. The van der Waals surface area contributed by atoms with E-state index in [4.69, 9.17) is 0 Å². The zero-order valence-electron chi connectivity index (χ0n) is 10.9. The van der Waals surface area contributed by atoms with Gasteiger partial charge in [-0.05, 0) is 34.5 Å². The molecule has 6 heteroatoms. The lowest BCUT2D eigenvalue weighted by atomic mass is 10.3. The fourth-order valence-corrected chi connectivity index (χ4v) is 2.64. The summed E-state index contributed by atoms with van der Waals surface area (Å²) in [5.74, 6) is 0. The Hall–Kier alpha value is -0.170. The van der Waals surface area contributed by atoms with Gasteiger partial charge in [0, 0.05) is 19.1 Å². The van der Waals surface area contributed by atoms with Crippen LogP contribution in [0.15, 0.2) is 0 Å². The van der Waals surface area contributed by atoms with Gasteiger partial charge in [-0.3, -0.25) is 0 Å². The first-order chi connectivity index (χ1) is 7.29. The normalized spacial score (nSPS) is 16.4. The Morgan fingerprint density at radius 1 is 1.25 bits per heavy atom. The summed E-state index contributed by atoms with van der Waals surface area (Å²) in [7, 11) is 0.630. The molecule has 0 heterocycles. The highest BCUT2D eigenvalue weighted by Crippen LogP contribution is 1.99. The Bertz CT molecular complexity index is 278. The Balaban J connectivity index is 4.22. The maximum absolute atomic E-state index is 11.9. The number of hydrogen-bond donors (Lipinski definition) is 2. The van der Waals surface area contributed by atoms with Crippen molar-refractivity contribution in [2.24, 2.45) is 0 Å². The second-order valence-corrected chi connectivity index (χ2v) is 6.57. The zero-order valence-corrected chi connectivity index (χ0v) is 11.8. The monoisotopic (exact) mass is 251 g/mol. The number of likely N-dealkylation sites (N-methyl/N-ethyl adjacent to an activating group) is 1. The summed E-state index contributed by atoms with van der Waals surface area (Å²) in [6.07, 6.45) is 0.